The van der Waals surface area contributed by atoms with E-state index in [9.17, 15) is 14.5 Å². The summed E-state index contributed by atoms with van der Waals surface area (Å²) in [5, 5.41) is 11.1. The molecule has 0 bridgehead atoms. The van der Waals surface area contributed by atoms with Gasteiger partial charge in [0.05, 0.1) is 11.0 Å². The van der Waals surface area contributed by atoms with Gasteiger partial charge in [0.1, 0.15) is 17.7 Å². The van der Waals surface area contributed by atoms with Crippen molar-refractivity contribution in [2.24, 2.45) is 0 Å². The number of rotatable bonds is 4. The van der Waals surface area contributed by atoms with Gasteiger partial charge in [0.15, 0.2) is 5.82 Å². The summed E-state index contributed by atoms with van der Waals surface area (Å²) in [6, 6.07) is 14.5. The van der Waals surface area contributed by atoms with Gasteiger partial charge in [0, 0.05) is 42.5 Å². The number of morpholine rings is 1. The van der Waals surface area contributed by atoms with Crippen LogP contribution in [0.15, 0.2) is 54.6 Å². The molecule has 4 rings (SSSR count). The van der Waals surface area contributed by atoms with E-state index >= 15 is 0 Å². The average Bonchev–Trinajstić information content (AvgIpc) is 2.73. The lowest BCUT2D eigenvalue weighted by atomic mass is 10.1. The molecule has 2 aromatic carbocycles. The monoisotopic (exact) mass is 408 g/mol. The molecule has 1 aromatic heterocycles. The minimum atomic E-state index is -0.433. The molecule has 1 aliphatic rings. The van der Waals surface area contributed by atoms with Gasteiger partial charge >= 0.3 is 0 Å². The van der Waals surface area contributed by atoms with Gasteiger partial charge in [-0.15, -0.1) is 0 Å². The summed E-state index contributed by atoms with van der Waals surface area (Å²) in [5.41, 5.74) is 2.25. The second-order valence-corrected chi connectivity index (χ2v) is 7.39. The van der Waals surface area contributed by atoms with E-state index in [1.54, 1.807) is 24.3 Å². The number of hydrogen-bond donors (Lipinski definition) is 0. The zero-order valence-corrected chi connectivity index (χ0v) is 16.7. The first-order chi connectivity index (χ1) is 14.4. The summed E-state index contributed by atoms with van der Waals surface area (Å²) in [7, 11) is 0. The number of hydrogen-bond acceptors (Lipinski definition) is 6. The van der Waals surface area contributed by atoms with E-state index in [0.717, 1.165) is 17.1 Å². The fourth-order valence-corrected chi connectivity index (χ4v) is 3.60. The zero-order valence-electron chi connectivity index (χ0n) is 16.7. The minimum absolute atomic E-state index is 0.00414. The zero-order chi connectivity index (χ0) is 21.3. The maximum atomic E-state index is 13.3. The summed E-state index contributed by atoms with van der Waals surface area (Å²) in [5.74, 6) is 0.880. The van der Waals surface area contributed by atoms with Crippen LogP contribution in [-0.4, -0.2) is 34.1 Å². The second kappa shape index (κ2) is 8.16. The Bertz CT molecular complexity index is 1070. The lowest BCUT2D eigenvalue weighted by Crippen LogP contribution is -2.43. The van der Waals surface area contributed by atoms with Gasteiger partial charge in [-0.25, -0.2) is 14.4 Å². The normalized spacial score (nSPS) is 19.0. The highest BCUT2D eigenvalue weighted by atomic mass is 19.1. The van der Waals surface area contributed by atoms with Crippen LogP contribution < -0.4 is 4.90 Å². The average molecular weight is 408 g/mol. The molecule has 2 atom stereocenters. The van der Waals surface area contributed by atoms with Gasteiger partial charge in [0.25, 0.3) is 5.69 Å². The molecule has 2 unspecified atom stereocenters. The van der Waals surface area contributed by atoms with Crippen molar-refractivity contribution >= 4 is 11.5 Å². The topological polar surface area (TPSA) is 81.4 Å². The van der Waals surface area contributed by atoms with Crippen molar-refractivity contribution < 1.29 is 14.1 Å². The molecule has 0 N–H and O–H groups in total. The van der Waals surface area contributed by atoms with Crippen LogP contribution >= 0.6 is 0 Å². The van der Waals surface area contributed by atoms with Crippen molar-refractivity contribution in [3.63, 3.8) is 0 Å². The molecule has 1 fully saturated rings. The quantitative estimate of drug-likeness (QED) is 0.468. The third kappa shape index (κ3) is 4.28. The number of nitrogens with zero attached hydrogens (tertiary/aromatic N) is 4. The number of non-ortho nitro benzene ring substituents is 1. The molecule has 1 aliphatic heterocycles. The molecular weight excluding hydrogens is 387 g/mol. The van der Waals surface area contributed by atoms with E-state index in [0.29, 0.717) is 24.5 Å². The Morgan fingerprint density at radius 1 is 1.13 bits per heavy atom. The predicted molar refractivity (Wildman–Crippen MR) is 111 cm³/mol. The van der Waals surface area contributed by atoms with E-state index in [-0.39, 0.29) is 23.7 Å². The SMILES string of the molecule is Cc1cc(N2CC(C)OC(c3ccc(F)cc3)C2)nc(-c2cccc([N+](=O)[O-])c2)n1. The van der Waals surface area contributed by atoms with Crippen molar-refractivity contribution in [3.8, 4) is 11.4 Å². The smallest absolute Gasteiger partial charge is 0.270 e. The first kappa shape index (κ1) is 19.9. The molecule has 0 spiro atoms. The molecule has 8 heteroatoms. The molecule has 3 aromatic rings. The van der Waals surface area contributed by atoms with Crippen LogP contribution in [0.4, 0.5) is 15.9 Å². The van der Waals surface area contributed by atoms with Gasteiger partial charge < -0.3 is 9.64 Å². The largest absolute Gasteiger partial charge is 0.367 e. The number of halogens is 1. The first-order valence-corrected chi connectivity index (χ1v) is 9.65. The molecule has 0 saturated carbocycles. The van der Waals surface area contributed by atoms with E-state index < -0.39 is 4.92 Å². The molecule has 2 heterocycles. The van der Waals surface area contributed by atoms with E-state index in [1.165, 1.54) is 24.3 Å². The Morgan fingerprint density at radius 3 is 2.63 bits per heavy atom. The molecule has 0 amide bonds. The Balaban J connectivity index is 1.65. The predicted octanol–water partition coefficient (Wildman–Crippen LogP) is 4.47. The Labute approximate surface area is 173 Å². The van der Waals surface area contributed by atoms with Crippen LogP contribution in [0.1, 0.15) is 24.3 Å². The number of anilines is 1. The summed E-state index contributed by atoms with van der Waals surface area (Å²) >= 11 is 0. The molecular formula is C22H21FN4O3. The van der Waals surface area contributed by atoms with Crippen LogP contribution in [0, 0.1) is 22.9 Å². The Morgan fingerprint density at radius 2 is 1.90 bits per heavy atom. The van der Waals surface area contributed by atoms with E-state index in [1.807, 2.05) is 19.9 Å². The highest BCUT2D eigenvalue weighted by molar-refractivity contribution is 5.61. The third-order valence-electron chi connectivity index (χ3n) is 4.98. The molecule has 0 radical (unpaired) electrons. The minimum Gasteiger partial charge on any atom is -0.367 e. The number of nitro benzene ring substituents is 1. The lowest BCUT2D eigenvalue weighted by molar-refractivity contribution is -0.384. The standard InChI is InChI=1S/C22H21FN4O3/c1-14-10-21(25-22(24-14)17-4-3-5-19(11-17)27(28)29)26-12-15(2)30-20(13-26)16-6-8-18(23)9-7-16/h3-11,15,20H,12-13H2,1-2H3. The number of aryl methyl sites for hydroxylation is 1. The van der Waals surface area contributed by atoms with Crippen LogP contribution in [0.3, 0.4) is 0 Å². The van der Waals surface area contributed by atoms with E-state index in [2.05, 4.69) is 14.9 Å². The van der Waals surface area contributed by atoms with Gasteiger partial charge in [-0.05, 0) is 31.5 Å². The highest BCUT2D eigenvalue weighted by Crippen LogP contribution is 2.30. The molecule has 30 heavy (non-hydrogen) atoms. The Hall–Kier alpha value is -3.39. The van der Waals surface area contributed by atoms with Crippen LogP contribution in [0.5, 0.6) is 0 Å². The molecule has 0 aliphatic carbocycles. The Kier molecular flexibility index (Phi) is 5.41. The van der Waals surface area contributed by atoms with Crippen LogP contribution in [0.2, 0.25) is 0 Å². The number of nitro groups is 1. The van der Waals surface area contributed by atoms with E-state index in [4.69, 9.17) is 4.74 Å². The molecule has 7 nitrogen and oxygen atoms in total. The van der Waals surface area contributed by atoms with Gasteiger partial charge in [-0.2, -0.15) is 0 Å². The lowest BCUT2D eigenvalue weighted by Gasteiger charge is -2.38. The third-order valence-corrected chi connectivity index (χ3v) is 4.98. The van der Waals surface area contributed by atoms with Gasteiger partial charge in [0.2, 0.25) is 0 Å². The highest BCUT2D eigenvalue weighted by Gasteiger charge is 2.28. The number of benzene rings is 2. The van der Waals surface area contributed by atoms with Crippen molar-refractivity contribution in [3.05, 3.63) is 81.8 Å². The summed E-state index contributed by atoms with van der Waals surface area (Å²) in [6.45, 7) is 5.05. The van der Waals surface area contributed by atoms with Crippen LogP contribution in [0.25, 0.3) is 11.4 Å². The van der Waals surface area contributed by atoms with Crippen molar-refractivity contribution in [1.29, 1.82) is 0 Å². The summed E-state index contributed by atoms with van der Waals surface area (Å²) in [4.78, 5) is 21.9. The summed E-state index contributed by atoms with van der Waals surface area (Å²) in [6.07, 6.45) is -0.267. The van der Waals surface area contributed by atoms with Crippen LogP contribution in [-0.2, 0) is 4.74 Å². The summed E-state index contributed by atoms with van der Waals surface area (Å²) < 4.78 is 19.4. The fourth-order valence-electron chi connectivity index (χ4n) is 3.60. The fraction of sp³-hybridized carbons (Fsp3) is 0.273. The maximum absolute atomic E-state index is 13.3. The maximum Gasteiger partial charge on any atom is 0.270 e. The number of aromatic nitrogens is 2. The van der Waals surface area contributed by atoms with Crippen molar-refractivity contribution in [2.75, 3.05) is 18.0 Å². The van der Waals surface area contributed by atoms with Crippen molar-refractivity contribution in [1.82, 2.24) is 9.97 Å². The number of ether oxygens (including phenoxy) is 1. The second-order valence-electron chi connectivity index (χ2n) is 7.39. The molecule has 1 saturated heterocycles. The van der Waals surface area contributed by atoms with Crippen molar-refractivity contribution in [2.45, 2.75) is 26.1 Å². The van der Waals surface area contributed by atoms with Gasteiger partial charge in [-0.3, -0.25) is 10.1 Å². The molecule has 154 valence electrons. The first-order valence-electron chi connectivity index (χ1n) is 9.65. The van der Waals surface area contributed by atoms with Gasteiger partial charge in [-0.1, -0.05) is 24.3 Å².